The topological polar surface area (TPSA) is 12.0 Å². The van der Waals surface area contributed by atoms with E-state index in [1.165, 1.54) is 24.3 Å². The average Bonchev–Trinajstić information content (AvgIpc) is 2.40. The molecule has 0 fully saturated rings. The molecule has 1 atom stereocenters. The molecule has 1 unspecified atom stereocenters. The van der Waals surface area contributed by atoms with Crippen molar-refractivity contribution in [2.45, 2.75) is 25.9 Å². The van der Waals surface area contributed by atoms with Crippen molar-refractivity contribution in [3.63, 3.8) is 0 Å². The number of hydrogen-bond acceptors (Lipinski definition) is 1. The van der Waals surface area contributed by atoms with Gasteiger partial charge in [0.05, 0.1) is 0 Å². The van der Waals surface area contributed by atoms with Crippen molar-refractivity contribution in [3.8, 4) is 0 Å². The number of rotatable bonds is 5. The van der Waals surface area contributed by atoms with E-state index in [0.717, 1.165) is 17.5 Å². The van der Waals surface area contributed by atoms with Gasteiger partial charge >= 0.3 is 0 Å². The highest BCUT2D eigenvalue weighted by Crippen LogP contribution is 2.17. The number of hydrogen-bond donors (Lipinski definition) is 1. The second-order valence-corrected chi connectivity index (χ2v) is 5.26. The van der Waals surface area contributed by atoms with E-state index in [-0.39, 0.29) is 17.7 Å². The maximum Gasteiger partial charge on any atom is 0.124 e. The molecule has 0 radical (unpaired) electrons. The molecule has 0 aliphatic carbocycles. The Morgan fingerprint density at radius 2 is 1.70 bits per heavy atom. The molecule has 0 saturated carbocycles. The Hall–Kier alpha value is -1.45. The zero-order valence-corrected chi connectivity index (χ0v) is 11.9. The lowest BCUT2D eigenvalue weighted by Gasteiger charge is -2.14. The van der Waals surface area contributed by atoms with Gasteiger partial charge in [0.15, 0.2) is 0 Å². The molecule has 0 aromatic heterocycles. The molecule has 0 aliphatic heterocycles. The first-order valence-corrected chi connectivity index (χ1v) is 6.84. The second kappa shape index (κ2) is 6.82. The van der Waals surface area contributed by atoms with Crippen molar-refractivity contribution in [2.24, 2.45) is 0 Å². The second-order valence-electron chi connectivity index (χ2n) is 4.85. The molecule has 0 saturated heterocycles. The van der Waals surface area contributed by atoms with E-state index in [1.807, 2.05) is 6.92 Å². The SMILES string of the molecule is CC(Cc1ccc(F)cc1)NCc1ccc(F)cc1Cl. The van der Waals surface area contributed by atoms with E-state index < -0.39 is 0 Å². The predicted molar refractivity (Wildman–Crippen MR) is 77.8 cm³/mol. The fourth-order valence-electron chi connectivity index (χ4n) is 2.00. The van der Waals surface area contributed by atoms with Crippen LogP contribution in [0, 0.1) is 11.6 Å². The van der Waals surface area contributed by atoms with Crippen LogP contribution >= 0.6 is 11.6 Å². The molecule has 0 amide bonds. The van der Waals surface area contributed by atoms with E-state index in [1.54, 1.807) is 18.2 Å². The van der Waals surface area contributed by atoms with E-state index in [2.05, 4.69) is 5.32 Å². The van der Waals surface area contributed by atoms with E-state index in [0.29, 0.717) is 11.6 Å². The summed E-state index contributed by atoms with van der Waals surface area (Å²) in [4.78, 5) is 0. The Bertz CT molecular complexity index is 569. The molecule has 0 aliphatic rings. The lowest BCUT2D eigenvalue weighted by molar-refractivity contribution is 0.543. The van der Waals surface area contributed by atoms with Crippen molar-refractivity contribution in [3.05, 3.63) is 70.2 Å². The highest BCUT2D eigenvalue weighted by molar-refractivity contribution is 6.31. The van der Waals surface area contributed by atoms with Crippen molar-refractivity contribution >= 4 is 11.6 Å². The molecule has 4 heteroatoms. The number of benzene rings is 2. The Labute approximate surface area is 122 Å². The van der Waals surface area contributed by atoms with Gasteiger partial charge in [-0.05, 0) is 48.7 Å². The summed E-state index contributed by atoms with van der Waals surface area (Å²) in [5.41, 5.74) is 1.93. The van der Waals surface area contributed by atoms with Crippen LogP contribution in [0.1, 0.15) is 18.1 Å². The number of nitrogens with one attached hydrogen (secondary N) is 1. The van der Waals surface area contributed by atoms with Crippen molar-refractivity contribution in [1.82, 2.24) is 5.32 Å². The molecule has 0 heterocycles. The molecule has 2 aromatic carbocycles. The van der Waals surface area contributed by atoms with Gasteiger partial charge in [-0.15, -0.1) is 0 Å². The third-order valence-corrected chi connectivity index (χ3v) is 3.46. The summed E-state index contributed by atoms with van der Waals surface area (Å²) in [6, 6.07) is 11.1. The van der Waals surface area contributed by atoms with Crippen molar-refractivity contribution in [1.29, 1.82) is 0 Å². The lowest BCUT2D eigenvalue weighted by atomic mass is 10.1. The molecule has 0 bridgehead atoms. The van der Waals surface area contributed by atoms with Gasteiger partial charge < -0.3 is 5.32 Å². The minimum Gasteiger partial charge on any atom is -0.310 e. The van der Waals surface area contributed by atoms with Crippen LogP contribution in [-0.2, 0) is 13.0 Å². The largest absolute Gasteiger partial charge is 0.310 e. The van der Waals surface area contributed by atoms with Gasteiger partial charge in [-0.1, -0.05) is 29.8 Å². The molecule has 106 valence electrons. The Kier molecular flexibility index (Phi) is 5.10. The minimum atomic E-state index is -0.335. The summed E-state index contributed by atoms with van der Waals surface area (Å²) in [5, 5.41) is 3.74. The normalized spacial score (nSPS) is 12.4. The summed E-state index contributed by atoms with van der Waals surface area (Å²) in [6.07, 6.45) is 0.791. The average molecular weight is 296 g/mol. The first kappa shape index (κ1) is 14.9. The quantitative estimate of drug-likeness (QED) is 0.865. The predicted octanol–water partition coefficient (Wildman–Crippen LogP) is 4.34. The zero-order valence-electron chi connectivity index (χ0n) is 11.2. The Morgan fingerprint density at radius 1 is 1.05 bits per heavy atom. The molecule has 2 rings (SSSR count). The molecular formula is C16H16ClF2N. The van der Waals surface area contributed by atoms with Crippen molar-refractivity contribution < 1.29 is 8.78 Å². The summed E-state index contributed by atoms with van der Waals surface area (Å²) in [5.74, 6) is -0.564. The lowest BCUT2D eigenvalue weighted by Crippen LogP contribution is -2.27. The van der Waals surface area contributed by atoms with Crippen LogP contribution < -0.4 is 5.32 Å². The fraction of sp³-hybridized carbons (Fsp3) is 0.250. The summed E-state index contributed by atoms with van der Waals surface area (Å²) in [6.45, 7) is 2.61. The molecule has 2 aromatic rings. The maximum atomic E-state index is 12.9. The van der Waals surface area contributed by atoms with E-state index in [4.69, 9.17) is 11.6 Å². The summed E-state index contributed by atoms with van der Waals surface area (Å²) >= 11 is 5.97. The minimum absolute atomic E-state index is 0.210. The monoisotopic (exact) mass is 295 g/mol. The molecule has 20 heavy (non-hydrogen) atoms. The van der Waals surface area contributed by atoms with E-state index >= 15 is 0 Å². The summed E-state index contributed by atoms with van der Waals surface area (Å²) < 4.78 is 25.7. The zero-order chi connectivity index (χ0) is 14.5. The Balaban J connectivity index is 1.88. The maximum absolute atomic E-state index is 12.9. The first-order chi connectivity index (χ1) is 9.54. The van der Waals surface area contributed by atoms with E-state index in [9.17, 15) is 8.78 Å². The molecule has 1 nitrogen and oxygen atoms in total. The van der Waals surface area contributed by atoms with Crippen LogP contribution in [-0.4, -0.2) is 6.04 Å². The van der Waals surface area contributed by atoms with Crippen molar-refractivity contribution in [2.75, 3.05) is 0 Å². The third kappa shape index (κ3) is 4.29. The number of halogens is 3. The van der Waals surface area contributed by atoms with Crippen LogP contribution in [0.25, 0.3) is 0 Å². The van der Waals surface area contributed by atoms with Gasteiger partial charge in [0.2, 0.25) is 0 Å². The standard InChI is InChI=1S/C16H16ClF2N/c1-11(8-12-2-5-14(18)6-3-12)20-10-13-4-7-15(19)9-16(13)17/h2-7,9,11,20H,8,10H2,1H3. The molecule has 0 spiro atoms. The highest BCUT2D eigenvalue weighted by atomic mass is 35.5. The summed E-state index contributed by atoms with van der Waals surface area (Å²) in [7, 11) is 0. The van der Waals surface area contributed by atoms with Crippen LogP contribution in [0.3, 0.4) is 0 Å². The van der Waals surface area contributed by atoms with Gasteiger partial charge in [-0.2, -0.15) is 0 Å². The third-order valence-electron chi connectivity index (χ3n) is 3.11. The van der Waals surface area contributed by atoms with Gasteiger partial charge in [-0.3, -0.25) is 0 Å². The van der Waals surface area contributed by atoms with Crippen LogP contribution in [0.4, 0.5) is 8.78 Å². The Morgan fingerprint density at radius 3 is 2.35 bits per heavy atom. The van der Waals surface area contributed by atoms with Crippen LogP contribution in [0.2, 0.25) is 5.02 Å². The van der Waals surface area contributed by atoms with Gasteiger partial charge in [0, 0.05) is 17.6 Å². The van der Waals surface area contributed by atoms with Gasteiger partial charge in [0.1, 0.15) is 11.6 Å². The molecular weight excluding hydrogens is 280 g/mol. The van der Waals surface area contributed by atoms with Crippen LogP contribution in [0.15, 0.2) is 42.5 Å². The first-order valence-electron chi connectivity index (χ1n) is 6.46. The highest BCUT2D eigenvalue weighted by Gasteiger charge is 2.06. The molecule has 1 N–H and O–H groups in total. The van der Waals surface area contributed by atoms with Gasteiger partial charge in [0.25, 0.3) is 0 Å². The van der Waals surface area contributed by atoms with Gasteiger partial charge in [-0.25, -0.2) is 8.78 Å². The smallest absolute Gasteiger partial charge is 0.124 e. The fourth-order valence-corrected chi connectivity index (χ4v) is 2.23. The van der Waals surface area contributed by atoms with Crippen LogP contribution in [0.5, 0.6) is 0 Å².